The van der Waals surface area contributed by atoms with Gasteiger partial charge in [-0.05, 0) is 77.0 Å². The Morgan fingerprint density at radius 3 is 1.48 bits per heavy atom. The predicted octanol–water partition coefficient (Wildman–Crippen LogP) is -1.15. The molecule has 84 heavy (non-hydrogen) atoms. The molecule has 1 aliphatic heterocycles. The standard InChI is InChI=1S/C55H90N8O21/c1-39(52(71)59-41(3)54(73)62-45-37-42(10-12-46(45)64)36-43(56)11-15-51(69)70)58-53(72)40(2)60-55(74)44(61-47(65)9-7-17-63-49(67)13-14-50(63)68)8-5-6-16-57-48(66)38-84-35-34-83-33-32-82-31-30-81-29-28-80-27-26-79-25-24-78-23-22-77-21-20-76-19-18-75-4/h10,12-14,37,39-41,43-44,64H,5-9,11,15-36,38,56H2,1-4H3,(H,57,66)(H,58,72)(H,59,71)(H,60,74)(H,61,65)(H,62,73)(H,69,70)/t39-,40-,41-,43+,44-/m0/s1. The topological polar surface area (TPSA) is 388 Å². The molecular weight excluding hydrogens is 1110 g/mol. The number of carbonyl (C=O) groups excluding carboxylic acids is 8. The maximum Gasteiger partial charge on any atom is 0.303 e. The number of imide groups is 1. The van der Waals surface area contributed by atoms with Gasteiger partial charge in [-0.15, -0.1) is 0 Å². The van der Waals surface area contributed by atoms with Crippen molar-refractivity contribution in [3.8, 4) is 5.75 Å². The van der Waals surface area contributed by atoms with Crippen molar-refractivity contribution in [1.82, 2.24) is 31.5 Å². The Hall–Kier alpha value is -6.25. The second-order valence-corrected chi connectivity index (χ2v) is 19.1. The molecule has 0 unspecified atom stereocenters. The molecule has 1 aliphatic rings. The smallest absolute Gasteiger partial charge is 0.303 e. The Kier molecular flexibility index (Phi) is 40.5. The van der Waals surface area contributed by atoms with Crippen LogP contribution in [0.3, 0.4) is 0 Å². The molecule has 476 valence electrons. The fraction of sp³-hybridized carbons (Fsp3) is 0.691. The maximum absolute atomic E-state index is 13.6. The number of benzene rings is 1. The number of aromatic hydroxyl groups is 1. The van der Waals surface area contributed by atoms with Gasteiger partial charge in [0.15, 0.2) is 0 Å². The third-order valence-electron chi connectivity index (χ3n) is 12.0. The summed E-state index contributed by atoms with van der Waals surface area (Å²) in [6, 6.07) is -0.767. The first-order valence-electron chi connectivity index (χ1n) is 28.2. The number of methoxy groups -OCH3 is 1. The lowest BCUT2D eigenvalue weighted by atomic mass is 10.0. The highest BCUT2D eigenvalue weighted by molar-refractivity contribution is 6.12. The normalized spacial score (nSPS) is 13.9. The SMILES string of the molecule is COCCOCCOCCOCCOCCOCCOCCOCCOCCOCC(=O)NCCCC[C@H](NC(=O)CCCN1C(=O)C=CC1=O)C(=O)N[C@@H](C)C(=O)N[C@@H](C)C(=O)N[C@@H](C)C(=O)Nc1cc(C[C@H](N)CCC(=O)O)ccc1O. The average molecular weight is 1200 g/mol. The zero-order chi connectivity index (χ0) is 61.7. The Balaban J connectivity index is 1.64. The molecule has 10 N–H and O–H groups in total. The summed E-state index contributed by atoms with van der Waals surface area (Å²) in [6.45, 7) is 11.7. The van der Waals surface area contributed by atoms with E-state index < -0.39 is 77.5 Å². The molecule has 0 spiro atoms. The molecule has 29 nitrogen and oxygen atoms in total. The van der Waals surface area contributed by atoms with Crippen LogP contribution in [0.15, 0.2) is 30.4 Å². The first kappa shape index (κ1) is 73.9. The molecular formula is C55H90N8O21. The van der Waals surface area contributed by atoms with Gasteiger partial charge in [-0.1, -0.05) is 6.07 Å². The molecule has 8 amide bonds. The van der Waals surface area contributed by atoms with Gasteiger partial charge in [-0.2, -0.15) is 0 Å². The van der Waals surface area contributed by atoms with E-state index in [-0.39, 0.29) is 88.8 Å². The van der Waals surface area contributed by atoms with Gasteiger partial charge in [0.25, 0.3) is 11.8 Å². The highest BCUT2D eigenvalue weighted by Crippen LogP contribution is 2.25. The van der Waals surface area contributed by atoms with Crippen LogP contribution >= 0.6 is 0 Å². The van der Waals surface area contributed by atoms with Crippen LogP contribution in [0.5, 0.6) is 5.75 Å². The van der Waals surface area contributed by atoms with E-state index >= 15 is 0 Å². The van der Waals surface area contributed by atoms with Gasteiger partial charge >= 0.3 is 5.97 Å². The van der Waals surface area contributed by atoms with Crippen LogP contribution in [0, 0.1) is 0 Å². The molecule has 5 atom stereocenters. The summed E-state index contributed by atoms with van der Waals surface area (Å²) in [6.07, 6.45) is 3.45. The van der Waals surface area contributed by atoms with Crippen LogP contribution in [0.25, 0.3) is 0 Å². The minimum Gasteiger partial charge on any atom is -0.506 e. The summed E-state index contributed by atoms with van der Waals surface area (Å²) in [5, 5.41) is 34.7. The number of hydrogen-bond acceptors (Lipinski definition) is 21. The van der Waals surface area contributed by atoms with Gasteiger partial charge in [-0.25, -0.2) is 0 Å². The van der Waals surface area contributed by atoms with Crippen molar-refractivity contribution in [3.63, 3.8) is 0 Å². The minimum absolute atomic E-state index is 0.0169. The second kappa shape index (κ2) is 46.1. The molecule has 0 bridgehead atoms. The number of carbonyl (C=O) groups is 9. The Morgan fingerprint density at radius 1 is 0.548 bits per heavy atom. The van der Waals surface area contributed by atoms with Gasteiger partial charge in [-0.3, -0.25) is 48.1 Å². The van der Waals surface area contributed by atoms with Gasteiger partial charge in [0.05, 0.1) is 125 Å². The number of nitrogens with zero attached hydrogens (tertiary/aromatic N) is 1. The summed E-state index contributed by atoms with van der Waals surface area (Å²) < 4.78 is 53.9. The lowest BCUT2D eigenvalue weighted by molar-refractivity contribution is -0.138. The van der Waals surface area contributed by atoms with Crippen molar-refractivity contribution < 1.29 is 101 Å². The first-order valence-corrected chi connectivity index (χ1v) is 28.2. The van der Waals surface area contributed by atoms with Crippen molar-refractivity contribution in [2.75, 3.05) is 151 Å². The molecule has 0 aliphatic carbocycles. The van der Waals surface area contributed by atoms with Crippen LogP contribution in [0.4, 0.5) is 5.69 Å². The number of carboxylic acids is 1. The summed E-state index contributed by atoms with van der Waals surface area (Å²) in [7, 11) is 1.62. The number of unbranched alkanes of at least 4 members (excludes halogenated alkanes) is 1. The lowest BCUT2D eigenvalue weighted by Gasteiger charge is -2.23. The third-order valence-corrected chi connectivity index (χ3v) is 12.0. The van der Waals surface area contributed by atoms with Gasteiger partial charge in [0.1, 0.15) is 36.5 Å². The third kappa shape index (κ3) is 35.8. The van der Waals surface area contributed by atoms with Crippen molar-refractivity contribution in [3.05, 3.63) is 35.9 Å². The highest BCUT2D eigenvalue weighted by Gasteiger charge is 2.28. The molecule has 0 radical (unpaired) electrons. The molecule has 2 rings (SSSR count). The van der Waals surface area contributed by atoms with Gasteiger partial charge in [0.2, 0.25) is 35.4 Å². The molecule has 1 heterocycles. The fourth-order valence-electron chi connectivity index (χ4n) is 7.36. The predicted molar refractivity (Wildman–Crippen MR) is 301 cm³/mol. The molecule has 1 aromatic carbocycles. The van der Waals surface area contributed by atoms with Crippen LogP contribution in [0.1, 0.15) is 71.3 Å². The highest BCUT2D eigenvalue weighted by atomic mass is 16.6. The number of phenols is 1. The van der Waals surface area contributed by atoms with Crippen molar-refractivity contribution >= 4 is 58.9 Å². The summed E-state index contributed by atoms with van der Waals surface area (Å²) >= 11 is 0. The number of ether oxygens (including phenoxy) is 10. The number of amides is 8. The zero-order valence-corrected chi connectivity index (χ0v) is 49.0. The van der Waals surface area contributed by atoms with E-state index in [0.29, 0.717) is 124 Å². The molecule has 29 heteroatoms. The number of nitrogens with two attached hydrogens (primary N) is 1. The zero-order valence-electron chi connectivity index (χ0n) is 49.0. The van der Waals surface area contributed by atoms with Crippen LogP contribution in [-0.2, 0) is 96.9 Å². The molecule has 0 saturated carbocycles. The molecule has 0 aromatic heterocycles. The van der Waals surface area contributed by atoms with Crippen LogP contribution < -0.4 is 37.6 Å². The number of nitrogens with one attached hydrogen (secondary N) is 6. The Morgan fingerprint density at radius 2 is 1.00 bits per heavy atom. The second-order valence-electron chi connectivity index (χ2n) is 19.1. The molecule has 0 saturated heterocycles. The monoisotopic (exact) mass is 1200 g/mol. The minimum atomic E-state index is -1.21. The number of anilines is 1. The van der Waals surface area contributed by atoms with E-state index in [1.54, 1.807) is 13.2 Å². The van der Waals surface area contributed by atoms with Crippen molar-refractivity contribution in [2.45, 2.75) is 102 Å². The van der Waals surface area contributed by atoms with Gasteiger partial charge < -0.3 is 95.2 Å². The Bertz CT molecular complexity index is 2140. The van der Waals surface area contributed by atoms with E-state index in [2.05, 4.69) is 31.9 Å². The summed E-state index contributed by atoms with van der Waals surface area (Å²) in [5.41, 5.74) is 6.70. The van der Waals surface area contributed by atoms with Crippen LogP contribution in [-0.4, -0.2) is 244 Å². The lowest BCUT2D eigenvalue weighted by Crippen LogP contribution is -2.56. The van der Waals surface area contributed by atoms with E-state index in [1.807, 2.05) is 0 Å². The van der Waals surface area contributed by atoms with E-state index in [0.717, 1.165) is 17.1 Å². The quantitative estimate of drug-likeness (QED) is 0.0211. The largest absolute Gasteiger partial charge is 0.506 e. The Labute approximate surface area is 490 Å². The first-order chi connectivity index (χ1) is 40.4. The van der Waals surface area contributed by atoms with Crippen molar-refractivity contribution in [1.29, 1.82) is 0 Å². The van der Waals surface area contributed by atoms with Gasteiger partial charge in [0, 0.05) is 51.2 Å². The number of phenolic OH excluding ortho intramolecular Hbond substituents is 1. The number of carboxylic acid groups (broad SMARTS) is 1. The van der Waals surface area contributed by atoms with E-state index in [9.17, 15) is 48.3 Å². The number of hydrogen-bond donors (Lipinski definition) is 9. The van der Waals surface area contributed by atoms with Crippen LogP contribution in [0.2, 0.25) is 0 Å². The van der Waals surface area contributed by atoms with E-state index in [4.69, 9.17) is 58.2 Å². The average Bonchev–Trinajstić information content (AvgIpc) is 4.00. The fourth-order valence-corrected chi connectivity index (χ4v) is 7.36. The molecule has 1 aromatic rings. The van der Waals surface area contributed by atoms with E-state index in [1.165, 1.54) is 32.9 Å². The maximum atomic E-state index is 13.6. The number of rotatable bonds is 52. The summed E-state index contributed by atoms with van der Waals surface area (Å²) in [5.74, 6) is -6.11. The van der Waals surface area contributed by atoms with Crippen molar-refractivity contribution in [2.24, 2.45) is 5.73 Å². The number of aliphatic carboxylic acids is 1. The molecule has 0 fully saturated rings. The summed E-state index contributed by atoms with van der Waals surface area (Å²) in [4.78, 5) is 114.